The van der Waals surface area contributed by atoms with E-state index in [0.717, 1.165) is 12.8 Å². The lowest BCUT2D eigenvalue weighted by Crippen LogP contribution is -2.31. The van der Waals surface area contributed by atoms with Gasteiger partial charge in [-0.15, -0.1) is 0 Å². The van der Waals surface area contributed by atoms with Gasteiger partial charge in [-0.1, -0.05) is 12.2 Å². The van der Waals surface area contributed by atoms with Gasteiger partial charge in [0.15, 0.2) is 0 Å². The summed E-state index contributed by atoms with van der Waals surface area (Å²) in [7, 11) is 0. The summed E-state index contributed by atoms with van der Waals surface area (Å²) in [6.45, 7) is 1.86. The quantitative estimate of drug-likeness (QED) is 0.580. The van der Waals surface area contributed by atoms with Gasteiger partial charge in [-0.2, -0.15) is 0 Å². The summed E-state index contributed by atoms with van der Waals surface area (Å²) in [4.78, 5) is 10.9. The van der Waals surface area contributed by atoms with Crippen LogP contribution in [0.1, 0.15) is 19.8 Å². The van der Waals surface area contributed by atoms with Crippen molar-refractivity contribution in [1.82, 2.24) is 0 Å². The lowest BCUT2D eigenvalue weighted by atomic mass is 9.78. The molecule has 0 aromatic carbocycles. The molecule has 0 aromatic heterocycles. The highest BCUT2D eigenvalue weighted by molar-refractivity contribution is 5.76. The second-order valence-electron chi connectivity index (χ2n) is 3.91. The summed E-state index contributed by atoms with van der Waals surface area (Å²) >= 11 is 0. The molecule has 0 saturated heterocycles. The zero-order chi connectivity index (χ0) is 8.06. The number of carboxylic acids is 1. The Bertz CT molecular complexity index is 232. The first-order valence-corrected chi connectivity index (χ1v) is 4.04. The number of hydrogen-bond acceptors (Lipinski definition) is 1. The number of hydrogen-bond donors (Lipinski definition) is 1. The summed E-state index contributed by atoms with van der Waals surface area (Å²) in [5, 5.41) is 8.96. The summed E-state index contributed by atoms with van der Waals surface area (Å²) in [6, 6.07) is 0. The largest absolute Gasteiger partial charge is 0.481 e. The van der Waals surface area contributed by atoms with Crippen LogP contribution in [0.2, 0.25) is 0 Å². The second-order valence-corrected chi connectivity index (χ2v) is 3.91. The van der Waals surface area contributed by atoms with Crippen molar-refractivity contribution < 1.29 is 9.90 Å². The molecule has 0 aliphatic heterocycles. The molecular weight excluding hydrogens is 140 g/mol. The topological polar surface area (TPSA) is 37.3 Å². The van der Waals surface area contributed by atoms with Gasteiger partial charge in [0.05, 0.1) is 5.41 Å². The molecule has 2 heteroatoms. The zero-order valence-corrected chi connectivity index (χ0v) is 6.58. The van der Waals surface area contributed by atoms with Gasteiger partial charge in [-0.25, -0.2) is 0 Å². The molecule has 2 nitrogen and oxygen atoms in total. The molecule has 60 valence electrons. The van der Waals surface area contributed by atoms with Gasteiger partial charge in [-0.05, 0) is 31.6 Å². The average Bonchev–Trinajstić information content (AvgIpc) is 2.45. The minimum Gasteiger partial charge on any atom is -0.481 e. The maximum Gasteiger partial charge on any atom is 0.309 e. The molecule has 2 bridgehead atoms. The van der Waals surface area contributed by atoms with Gasteiger partial charge in [0, 0.05) is 0 Å². The van der Waals surface area contributed by atoms with E-state index in [-0.39, 0.29) is 0 Å². The third-order valence-electron chi connectivity index (χ3n) is 3.17. The molecule has 1 fully saturated rings. The number of carboxylic acid groups (broad SMARTS) is 1. The minimum absolute atomic E-state index is 0.296. The van der Waals surface area contributed by atoms with Gasteiger partial charge >= 0.3 is 5.97 Å². The van der Waals surface area contributed by atoms with E-state index in [4.69, 9.17) is 5.11 Å². The van der Waals surface area contributed by atoms with E-state index in [0.29, 0.717) is 11.8 Å². The predicted octanol–water partition coefficient (Wildman–Crippen LogP) is 1.67. The van der Waals surface area contributed by atoms with E-state index in [1.807, 2.05) is 6.92 Å². The van der Waals surface area contributed by atoms with Crippen molar-refractivity contribution in [1.29, 1.82) is 0 Å². The van der Waals surface area contributed by atoms with E-state index >= 15 is 0 Å². The number of carbonyl (C=O) groups is 1. The van der Waals surface area contributed by atoms with Gasteiger partial charge < -0.3 is 5.11 Å². The Hall–Kier alpha value is -0.790. The molecule has 0 spiro atoms. The minimum atomic E-state index is -0.630. The normalized spacial score (nSPS) is 46.6. The average molecular weight is 152 g/mol. The predicted molar refractivity (Wildman–Crippen MR) is 41.1 cm³/mol. The van der Waals surface area contributed by atoms with Crippen LogP contribution in [0.5, 0.6) is 0 Å². The van der Waals surface area contributed by atoms with Crippen LogP contribution in [0.25, 0.3) is 0 Å². The van der Waals surface area contributed by atoms with Crippen LogP contribution in [0.4, 0.5) is 0 Å². The first-order valence-electron chi connectivity index (χ1n) is 4.04. The van der Waals surface area contributed by atoms with Crippen molar-refractivity contribution in [2.24, 2.45) is 17.3 Å². The van der Waals surface area contributed by atoms with E-state index < -0.39 is 11.4 Å². The highest BCUT2D eigenvalue weighted by atomic mass is 16.4. The van der Waals surface area contributed by atoms with Crippen molar-refractivity contribution in [3.8, 4) is 0 Å². The molecule has 2 rings (SSSR count). The van der Waals surface area contributed by atoms with Crippen molar-refractivity contribution in [2.45, 2.75) is 19.8 Å². The fourth-order valence-corrected chi connectivity index (χ4v) is 2.34. The molecule has 0 radical (unpaired) electrons. The Kier molecular flexibility index (Phi) is 1.17. The first-order chi connectivity index (χ1) is 5.13. The molecule has 1 saturated carbocycles. The number of allylic oxidation sites excluding steroid dienone is 2. The van der Waals surface area contributed by atoms with Crippen LogP contribution in [-0.2, 0) is 4.79 Å². The van der Waals surface area contributed by atoms with E-state index in [9.17, 15) is 4.79 Å². The Balaban J connectivity index is 2.30. The molecule has 0 aromatic rings. The molecule has 11 heavy (non-hydrogen) atoms. The van der Waals surface area contributed by atoms with Crippen molar-refractivity contribution in [3.63, 3.8) is 0 Å². The zero-order valence-electron chi connectivity index (χ0n) is 6.58. The van der Waals surface area contributed by atoms with Gasteiger partial charge in [0.2, 0.25) is 0 Å². The fraction of sp³-hybridized carbons (Fsp3) is 0.667. The Morgan fingerprint density at radius 3 is 2.64 bits per heavy atom. The SMILES string of the molecule is C[C@@]1(C(=O)O)C[C@@H]2C=C[C@H]1C2. The first kappa shape index (κ1) is 6.89. The molecule has 0 heterocycles. The van der Waals surface area contributed by atoms with Crippen molar-refractivity contribution >= 4 is 5.97 Å². The Morgan fingerprint density at radius 2 is 2.36 bits per heavy atom. The Morgan fingerprint density at radius 1 is 1.64 bits per heavy atom. The lowest BCUT2D eigenvalue weighted by molar-refractivity contribution is -0.149. The smallest absolute Gasteiger partial charge is 0.309 e. The van der Waals surface area contributed by atoms with Crippen LogP contribution in [0.3, 0.4) is 0 Å². The maximum absolute atomic E-state index is 10.9. The molecule has 1 N–H and O–H groups in total. The molecule has 0 unspecified atom stereocenters. The molecule has 0 amide bonds. The maximum atomic E-state index is 10.9. The molecule has 3 atom stereocenters. The fourth-order valence-electron chi connectivity index (χ4n) is 2.34. The highest BCUT2D eigenvalue weighted by Crippen LogP contribution is 2.51. The summed E-state index contributed by atoms with van der Waals surface area (Å²) in [6.07, 6.45) is 6.13. The third-order valence-corrected chi connectivity index (χ3v) is 3.17. The monoisotopic (exact) mass is 152 g/mol. The van der Waals surface area contributed by atoms with Gasteiger partial charge in [0.1, 0.15) is 0 Å². The van der Waals surface area contributed by atoms with Crippen molar-refractivity contribution in [3.05, 3.63) is 12.2 Å². The standard InChI is InChI=1S/C9H12O2/c1-9(8(10)11)5-6-2-3-7(9)4-6/h2-3,6-7H,4-5H2,1H3,(H,10,11)/t6-,7+,9-/m1/s1. The summed E-state index contributed by atoms with van der Waals surface area (Å²) in [5.74, 6) is 0.209. The summed E-state index contributed by atoms with van der Waals surface area (Å²) in [5.41, 5.74) is -0.459. The van der Waals surface area contributed by atoms with Crippen molar-refractivity contribution in [2.75, 3.05) is 0 Å². The highest BCUT2D eigenvalue weighted by Gasteiger charge is 2.50. The van der Waals surface area contributed by atoms with Gasteiger partial charge in [0.25, 0.3) is 0 Å². The number of fused-ring (bicyclic) bond motifs is 2. The van der Waals surface area contributed by atoms with Crippen LogP contribution in [0.15, 0.2) is 12.2 Å². The van der Waals surface area contributed by atoms with E-state index in [1.165, 1.54) is 0 Å². The second kappa shape index (κ2) is 1.87. The molecular formula is C9H12O2. The van der Waals surface area contributed by atoms with E-state index in [1.54, 1.807) is 0 Å². The summed E-state index contributed by atoms with van der Waals surface area (Å²) < 4.78 is 0. The third kappa shape index (κ3) is 0.753. The molecule has 2 aliphatic carbocycles. The lowest BCUT2D eigenvalue weighted by Gasteiger charge is -2.25. The van der Waals surface area contributed by atoms with Crippen LogP contribution < -0.4 is 0 Å². The van der Waals surface area contributed by atoms with Crippen LogP contribution in [-0.4, -0.2) is 11.1 Å². The number of rotatable bonds is 1. The molecule has 2 aliphatic rings. The van der Waals surface area contributed by atoms with Crippen LogP contribution in [0, 0.1) is 17.3 Å². The van der Waals surface area contributed by atoms with Crippen LogP contribution >= 0.6 is 0 Å². The van der Waals surface area contributed by atoms with Gasteiger partial charge in [-0.3, -0.25) is 4.79 Å². The number of aliphatic carboxylic acids is 1. The Labute approximate surface area is 65.9 Å². The van der Waals surface area contributed by atoms with E-state index in [2.05, 4.69) is 12.2 Å².